The average Bonchev–Trinajstić information content (AvgIpc) is 3.38. The van der Waals surface area contributed by atoms with E-state index in [1.807, 2.05) is 12.2 Å². The van der Waals surface area contributed by atoms with Gasteiger partial charge in [-0.1, -0.05) is 41.8 Å². The van der Waals surface area contributed by atoms with E-state index in [1.54, 1.807) is 3.81 Å². The second-order valence-electron chi connectivity index (χ2n) is 7.22. The van der Waals surface area contributed by atoms with Crippen molar-refractivity contribution in [1.82, 2.24) is 0 Å². The first-order valence-corrected chi connectivity index (χ1v) is 10.3. The minimum absolute atomic E-state index is 0. The van der Waals surface area contributed by atoms with Crippen molar-refractivity contribution in [3.05, 3.63) is 83.0 Å². The Morgan fingerprint density at radius 1 is 0.929 bits per heavy atom. The van der Waals surface area contributed by atoms with Crippen molar-refractivity contribution < 1.29 is 44.8 Å². The maximum atomic E-state index is 3.38. The molecule has 0 atom stereocenters. The molecule has 0 saturated heterocycles. The topological polar surface area (TPSA) is 0 Å². The Balaban J connectivity index is 0.000000252. The van der Waals surface area contributed by atoms with Gasteiger partial charge in [0.15, 0.2) is 0 Å². The number of halogens is 2. The third kappa shape index (κ3) is 7.16. The van der Waals surface area contributed by atoms with Crippen molar-refractivity contribution >= 4 is 3.81 Å². The van der Waals surface area contributed by atoms with Crippen molar-refractivity contribution in [2.24, 2.45) is 0 Å². The number of hydrogen-bond acceptors (Lipinski definition) is 0. The van der Waals surface area contributed by atoms with E-state index in [-0.39, 0.29) is 24.8 Å². The van der Waals surface area contributed by atoms with Gasteiger partial charge in [0.2, 0.25) is 0 Å². The molecule has 0 radical (unpaired) electrons. The van der Waals surface area contributed by atoms with Crippen LogP contribution in [0, 0.1) is 26.0 Å². The van der Waals surface area contributed by atoms with Gasteiger partial charge < -0.3 is 24.8 Å². The van der Waals surface area contributed by atoms with E-state index in [0.717, 1.165) is 12.8 Å². The number of benzene rings is 2. The van der Waals surface area contributed by atoms with Crippen molar-refractivity contribution in [3.63, 3.8) is 0 Å². The monoisotopic (exact) mass is 444 g/mol. The fraction of sp³-hybridized carbons (Fsp3) is 0.320. The number of allylic oxidation sites excluding steroid dienone is 4. The van der Waals surface area contributed by atoms with Crippen LogP contribution in [0.25, 0.3) is 11.1 Å². The van der Waals surface area contributed by atoms with Gasteiger partial charge in [-0.25, -0.2) is 12.2 Å². The number of rotatable bonds is 0. The molecule has 1 saturated carbocycles. The van der Waals surface area contributed by atoms with E-state index in [0.29, 0.717) is 0 Å². The summed E-state index contributed by atoms with van der Waals surface area (Å²) in [5, 5.41) is 0. The predicted octanol–water partition coefficient (Wildman–Crippen LogP) is 0.268. The summed E-state index contributed by atoms with van der Waals surface area (Å²) in [6.45, 7) is 4.28. The fourth-order valence-corrected chi connectivity index (χ4v) is 4.00. The molecule has 2 aromatic carbocycles. The van der Waals surface area contributed by atoms with Crippen molar-refractivity contribution in [1.29, 1.82) is 0 Å². The van der Waals surface area contributed by atoms with E-state index < -0.39 is 0 Å². The first kappa shape index (κ1) is 25.1. The molecule has 1 fully saturated rings. The van der Waals surface area contributed by atoms with E-state index in [1.165, 1.54) is 59.1 Å². The summed E-state index contributed by atoms with van der Waals surface area (Å²) in [7, 11) is 0. The Hall–Kier alpha value is -0.916. The quantitative estimate of drug-likeness (QED) is 0.345. The SMILES string of the molecule is Cc1c[c-]c2c(c1)-c1cc(C)ccc1C2.[C-]1=CC=CC1.[Cl-].[Cl-].[Ti+2]=[C]1CCCC1. The molecule has 146 valence electrons. The van der Waals surface area contributed by atoms with Crippen molar-refractivity contribution in [2.75, 3.05) is 0 Å². The molecule has 28 heavy (non-hydrogen) atoms. The Bertz CT molecular complexity index is 782. The standard InChI is InChI=1S/C15H13.C5H8.C5H5.2ClH.Ti/c1-10-3-5-12-9-13-6-4-11(2)8-15(13)14(12)7-10;2*1-2-4-5-3-1;;;/h3-5,7-8H,9H2,1-2H3;1-4H2;1-3H,4H2;2*1H;/q-1;;-1;;;+2/p-2. The molecule has 0 spiro atoms. The minimum atomic E-state index is 0. The molecular weight excluding hydrogens is 419 g/mol. The van der Waals surface area contributed by atoms with Gasteiger partial charge in [0.25, 0.3) is 0 Å². The first-order valence-electron chi connectivity index (χ1n) is 9.52. The van der Waals surface area contributed by atoms with Crippen LogP contribution < -0.4 is 24.8 Å². The molecule has 3 heteroatoms. The van der Waals surface area contributed by atoms with Crippen LogP contribution >= 0.6 is 0 Å². The van der Waals surface area contributed by atoms with E-state index in [9.17, 15) is 0 Å². The maximum absolute atomic E-state index is 3.38. The van der Waals surface area contributed by atoms with E-state index in [4.69, 9.17) is 0 Å². The Labute approximate surface area is 194 Å². The Morgan fingerprint density at radius 3 is 2.18 bits per heavy atom. The third-order valence-corrected chi connectivity index (χ3v) is 5.67. The molecule has 3 aliphatic rings. The molecule has 0 aliphatic heterocycles. The van der Waals surface area contributed by atoms with Crippen molar-refractivity contribution in [3.8, 4) is 11.1 Å². The number of hydrogen-bond donors (Lipinski definition) is 0. The molecular formula is C25H26Cl2Ti-2. The summed E-state index contributed by atoms with van der Waals surface area (Å²) in [5.41, 5.74) is 8.21. The van der Waals surface area contributed by atoms with Gasteiger partial charge in [0.05, 0.1) is 0 Å². The van der Waals surface area contributed by atoms with E-state index in [2.05, 4.69) is 82.4 Å². The first-order chi connectivity index (χ1) is 12.6. The molecule has 0 heterocycles. The molecule has 0 N–H and O–H groups in total. The number of aryl methyl sites for hydroxylation is 2. The van der Waals surface area contributed by atoms with Gasteiger partial charge in [-0.05, 0) is 13.3 Å². The average molecular weight is 445 g/mol. The van der Waals surface area contributed by atoms with Gasteiger partial charge >= 0.3 is 49.5 Å². The zero-order valence-electron chi connectivity index (χ0n) is 16.6. The zero-order valence-corrected chi connectivity index (χ0v) is 19.7. The molecule has 0 amide bonds. The fourth-order valence-electron chi connectivity index (χ4n) is 3.45. The third-order valence-electron chi connectivity index (χ3n) is 4.89. The summed E-state index contributed by atoms with van der Waals surface area (Å²) < 4.78 is 1.70. The van der Waals surface area contributed by atoms with Crippen LogP contribution in [0.1, 0.15) is 54.4 Å². The summed E-state index contributed by atoms with van der Waals surface area (Å²) >= 11 is 2.26. The molecule has 0 bridgehead atoms. The van der Waals surface area contributed by atoms with Gasteiger partial charge in [-0.3, -0.25) is 6.08 Å². The van der Waals surface area contributed by atoms with Crippen LogP contribution in [0.2, 0.25) is 0 Å². The molecule has 3 aliphatic carbocycles. The summed E-state index contributed by atoms with van der Waals surface area (Å²) in [4.78, 5) is 0. The van der Waals surface area contributed by atoms with Gasteiger partial charge in [-0.2, -0.15) is 35.4 Å². The summed E-state index contributed by atoms with van der Waals surface area (Å²) in [6, 6.07) is 14.5. The van der Waals surface area contributed by atoms with Gasteiger partial charge in [0, 0.05) is 0 Å². The normalized spacial score (nSPS) is 14.6. The molecule has 0 aromatic heterocycles. The second kappa shape index (κ2) is 12.6. The van der Waals surface area contributed by atoms with Crippen LogP contribution in [0.5, 0.6) is 0 Å². The Kier molecular flexibility index (Phi) is 11.3. The molecule has 0 unspecified atom stereocenters. The van der Waals surface area contributed by atoms with Crippen molar-refractivity contribution in [2.45, 2.75) is 52.4 Å². The van der Waals surface area contributed by atoms with Gasteiger partial charge in [0.1, 0.15) is 0 Å². The number of fused-ring (bicyclic) bond motifs is 3. The zero-order chi connectivity index (χ0) is 18.4. The van der Waals surface area contributed by atoms with Crippen LogP contribution in [0.15, 0.2) is 48.6 Å². The summed E-state index contributed by atoms with van der Waals surface area (Å²) in [5.74, 6) is 0. The molecule has 0 nitrogen and oxygen atoms in total. The van der Waals surface area contributed by atoms with Gasteiger partial charge in [-0.15, -0.1) is 12.0 Å². The Morgan fingerprint density at radius 2 is 1.64 bits per heavy atom. The second-order valence-corrected chi connectivity index (χ2v) is 8.32. The van der Waals surface area contributed by atoms with Crippen LogP contribution in [0.4, 0.5) is 0 Å². The van der Waals surface area contributed by atoms with Crippen LogP contribution in [0.3, 0.4) is 0 Å². The van der Waals surface area contributed by atoms with Crippen LogP contribution in [-0.2, 0) is 26.4 Å². The molecule has 5 rings (SSSR count). The van der Waals surface area contributed by atoms with Crippen LogP contribution in [-0.4, -0.2) is 3.81 Å². The summed E-state index contributed by atoms with van der Waals surface area (Å²) in [6.07, 6.45) is 16.8. The predicted molar refractivity (Wildman–Crippen MR) is 108 cm³/mol. The molecule has 2 aromatic rings. The van der Waals surface area contributed by atoms with E-state index >= 15 is 0 Å².